The van der Waals surface area contributed by atoms with Gasteiger partial charge in [-0.3, -0.25) is 14.2 Å². The standard InChI is InChI=1S/C25H23N3O3/c1-18-24(22(29)13-12-19-8-4-2-5-9-19)27-25(26-18)28-15-14-21(16-23(28)30)31-17-20-10-6-3-7-11-20/h2-11,14-16H,12-13,17H2,1H3,(H,26,27). The minimum atomic E-state index is -0.289. The molecule has 0 unspecified atom stereocenters. The van der Waals surface area contributed by atoms with Crippen LogP contribution < -0.4 is 10.3 Å². The summed E-state index contributed by atoms with van der Waals surface area (Å²) in [6, 6.07) is 22.7. The molecule has 2 aromatic carbocycles. The summed E-state index contributed by atoms with van der Waals surface area (Å²) in [5, 5.41) is 0. The Kier molecular flexibility index (Phi) is 6.08. The average Bonchev–Trinajstić information content (AvgIpc) is 3.19. The van der Waals surface area contributed by atoms with Crippen LogP contribution in [0.4, 0.5) is 0 Å². The van der Waals surface area contributed by atoms with E-state index in [0.717, 1.165) is 11.1 Å². The number of pyridine rings is 1. The number of nitrogens with zero attached hydrogens (tertiary/aromatic N) is 2. The first-order chi connectivity index (χ1) is 15.1. The van der Waals surface area contributed by atoms with E-state index in [9.17, 15) is 9.59 Å². The molecule has 31 heavy (non-hydrogen) atoms. The molecule has 0 atom stereocenters. The number of benzene rings is 2. The Hall–Kier alpha value is -3.93. The van der Waals surface area contributed by atoms with E-state index in [2.05, 4.69) is 9.97 Å². The van der Waals surface area contributed by atoms with Crippen molar-refractivity contribution in [2.75, 3.05) is 0 Å². The predicted molar refractivity (Wildman–Crippen MR) is 119 cm³/mol. The van der Waals surface area contributed by atoms with Crippen molar-refractivity contribution in [1.82, 2.24) is 14.5 Å². The Morgan fingerprint density at radius 3 is 2.35 bits per heavy atom. The van der Waals surface area contributed by atoms with Gasteiger partial charge in [0, 0.05) is 24.4 Å². The molecule has 0 aliphatic heterocycles. The largest absolute Gasteiger partial charge is 0.489 e. The maximum Gasteiger partial charge on any atom is 0.261 e. The van der Waals surface area contributed by atoms with Crippen molar-refractivity contribution in [3.05, 3.63) is 112 Å². The summed E-state index contributed by atoms with van der Waals surface area (Å²) in [6.07, 6.45) is 2.60. The molecular formula is C25H23N3O3. The van der Waals surface area contributed by atoms with E-state index in [1.807, 2.05) is 60.7 Å². The number of hydrogen-bond acceptors (Lipinski definition) is 4. The second kappa shape index (κ2) is 9.26. The molecule has 2 heterocycles. The second-order valence-corrected chi connectivity index (χ2v) is 7.29. The van der Waals surface area contributed by atoms with E-state index in [-0.39, 0.29) is 11.3 Å². The van der Waals surface area contributed by atoms with Gasteiger partial charge in [-0.15, -0.1) is 0 Å². The van der Waals surface area contributed by atoms with Crippen LogP contribution in [0.5, 0.6) is 5.75 Å². The third-order valence-electron chi connectivity index (χ3n) is 4.99. The van der Waals surface area contributed by atoms with E-state index in [1.54, 1.807) is 19.2 Å². The van der Waals surface area contributed by atoms with Crippen molar-refractivity contribution >= 4 is 5.78 Å². The van der Waals surface area contributed by atoms with Gasteiger partial charge >= 0.3 is 0 Å². The SMILES string of the molecule is Cc1[nH]c(-n2ccc(OCc3ccccc3)cc2=O)nc1C(=O)CCc1ccccc1. The summed E-state index contributed by atoms with van der Waals surface area (Å²) in [7, 11) is 0. The van der Waals surface area contributed by atoms with E-state index in [0.29, 0.717) is 42.5 Å². The first kappa shape index (κ1) is 20.3. The maximum absolute atomic E-state index is 12.7. The van der Waals surface area contributed by atoms with Crippen molar-refractivity contribution in [2.45, 2.75) is 26.4 Å². The van der Waals surface area contributed by atoms with Crippen LogP contribution in [0.1, 0.15) is 33.7 Å². The maximum atomic E-state index is 12.7. The Balaban J connectivity index is 1.46. The van der Waals surface area contributed by atoms with E-state index >= 15 is 0 Å². The highest BCUT2D eigenvalue weighted by Crippen LogP contribution is 2.15. The van der Waals surface area contributed by atoms with Gasteiger partial charge in [0.2, 0.25) is 5.95 Å². The summed E-state index contributed by atoms with van der Waals surface area (Å²) < 4.78 is 7.08. The lowest BCUT2D eigenvalue weighted by molar-refractivity contribution is 0.0978. The number of ketones is 1. The van der Waals surface area contributed by atoms with Gasteiger partial charge < -0.3 is 9.72 Å². The van der Waals surface area contributed by atoms with Crippen LogP contribution >= 0.6 is 0 Å². The molecule has 0 amide bonds. The monoisotopic (exact) mass is 413 g/mol. The molecule has 0 aliphatic rings. The molecule has 4 rings (SSSR count). The smallest absolute Gasteiger partial charge is 0.261 e. The first-order valence-corrected chi connectivity index (χ1v) is 10.1. The summed E-state index contributed by atoms with van der Waals surface area (Å²) >= 11 is 0. The van der Waals surface area contributed by atoms with Crippen LogP contribution in [0, 0.1) is 6.92 Å². The number of aromatic nitrogens is 3. The fourth-order valence-corrected chi connectivity index (χ4v) is 3.32. The van der Waals surface area contributed by atoms with Gasteiger partial charge in [0.25, 0.3) is 5.56 Å². The van der Waals surface area contributed by atoms with Gasteiger partial charge in [-0.25, -0.2) is 4.98 Å². The highest BCUT2D eigenvalue weighted by molar-refractivity contribution is 5.95. The molecule has 0 fully saturated rings. The molecule has 6 heteroatoms. The summed E-state index contributed by atoms with van der Waals surface area (Å²) in [5.74, 6) is 0.743. The third-order valence-corrected chi connectivity index (χ3v) is 4.99. The molecule has 2 aromatic heterocycles. The van der Waals surface area contributed by atoms with Gasteiger partial charge in [0.1, 0.15) is 18.1 Å². The summed E-state index contributed by atoms with van der Waals surface area (Å²) in [6.45, 7) is 2.17. The predicted octanol–water partition coefficient (Wildman–Crippen LogP) is 4.26. The van der Waals surface area contributed by atoms with Crippen LogP contribution in [-0.4, -0.2) is 20.3 Å². The van der Waals surface area contributed by atoms with E-state index in [1.165, 1.54) is 10.6 Å². The van der Waals surface area contributed by atoms with Crippen molar-refractivity contribution in [3.8, 4) is 11.7 Å². The molecule has 0 aliphatic carbocycles. The summed E-state index contributed by atoms with van der Waals surface area (Å²) in [5.41, 5.74) is 2.84. The Morgan fingerprint density at radius 2 is 1.68 bits per heavy atom. The van der Waals surface area contributed by atoms with Gasteiger partial charge in [-0.2, -0.15) is 0 Å². The number of Topliss-reactive ketones (excluding diaryl/α,β-unsaturated/α-hetero) is 1. The lowest BCUT2D eigenvalue weighted by atomic mass is 10.1. The van der Waals surface area contributed by atoms with Crippen molar-refractivity contribution in [1.29, 1.82) is 0 Å². The Morgan fingerprint density at radius 1 is 1.00 bits per heavy atom. The topological polar surface area (TPSA) is 77.0 Å². The van der Waals surface area contributed by atoms with Crippen molar-refractivity contribution in [2.24, 2.45) is 0 Å². The lowest BCUT2D eigenvalue weighted by Gasteiger charge is -2.07. The van der Waals surface area contributed by atoms with E-state index < -0.39 is 0 Å². The molecule has 0 radical (unpaired) electrons. The number of hydrogen-bond donors (Lipinski definition) is 1. The van der Waals surface area contributed by atoms with Crippen LogP contribution in [0.15, 0.2) is 83.8 Å². The van der Waals surface area contributed by atoms with Gasteiger partial charge in [-0.1, -0.05) is 60.7 Å². The zero-order valence-electron chi connectivity index (χ0n) is 17.2. The number of carbonyl (C=O) groups excluding carboxylic acids is 1. The fraction of sp³-hybridized carbons (Fsp3) is 0.160. The van der Waals surface area contributed by atoms with Crippen LogP contribution in [-0.2, 0) is 13.0 Å². The molecule has 0 spiro atoms. The molecule has 6 nitrogen and oxygen atoms in total. The fourth-order valence-electron chi connectivity index (χ4n) is 3.32. The number of carbonyl (C=O) groups is 1. The van der Waals surface area contributed by atoms with Crippen LogP contribution in [0.25, 0.3) is 5.95 Å². The summed E-state index contributed by atoms with van der Waals surface area (Å²) in [4.78, 5) is 32.7. The molecular weight excluding hydrogens is 390 g/mol. The quantitative estimate of drug-likeness (QED) is 0.438. The van der Waals surface area contributed by atoms with Crippen LogP contribution in [0.2, 0.25) is 0 Å². The number of aromatic amines is 1. The molecule has 0 saturated carbocycles. The van der Waals surface area contributed by atoms with E-state index in [4.69, 9.17) is 4.74 Å². The number of aryl methyl sites for hydroxylation is 2. The number of rotatable bonds is 8. The minimum absolute atomic E-state index is 0.0558. The number of H-pyrrole nitrogens is 1. The second-order valence-electron chi connectivity index (χ2n) is 7.29. The van der Waals surface area contributed by atoms with Gasteiger partial charge in [0.15, 0.2) is 5.78 Å². The van der Waals surface area contributed by atoms with Gasteiger partial charge in [-0.05, 0) is 30.5 Å². The van der Waals surface area contributed by atoms with Crippen molar-refractivity contribution in [3.63, 3.8) is 0 Å². The van der Waals surface area contributed by atoms with Crippen LogP contribution in [0.3, 0.4) is 0 Å². The number of imidazole rings is 1. The Labute approximate surface area is 180 Å². The average molecular weight is 413 g/mol. The minimum Gasteiger partial charge on any atom is -0.489 e. The Bertz CT molecular complexity index is 1230. The zero-order chi connectivity index (χ0) is 21.6. The first-order valence-electron chi connectivity index (χ1n) is 10.1. The highest BCUT2D eigenvalue weighted by Gasteiger charge is 2.16. The zero-order valence-corrected chi connectivity index (χ0v) is 17.2. The molecule has 4 aromatic rings. The number of ether oxygens (including phenoxy) is 1. The molecule has 0 saturated heterocycles. The molecule has 0 bridgehead atoms. The third kappa shape index (κ3) is 4.98. The lowest BCUT2D eigenvalue weighted by Crippen LogP contribution is -2.18. The molecule has 1 N–H and O–H groups in total. The van der Waals surface area contributed by atoms with Crippen molar-refractivity contribution < 1.29 is 9.53 Å². The normalized spacial score (nSPS) is 10.7. The highest BCUT2D eigenvalue weighted by atomic mass is 16.5. The number of nitrogens with one attached hydrogen (secondary N) is 1. The van der Waals surface area contributed by atoms with Gasteiger partial charge in [0.05, 0.1) is 0 Å². The molecule has 156 valence electrons.